The van der Waals surface area contributed by atoms with Crippen molar-refractivity contribution in [1.29, 1.82) is 0 Å². The van der Waals surface area contributed by atoms with Gasteiger partial charge < -0.3 is 9.72 Å². The first-order valence-corrected chi connectivity index (χ1v) is 6.11. The van der Waals surface area contributed by atoms with Gasteiger partial charge in [0.1, 0.15) is 10.4 Å². The summed E-state index contributed by atoms with van der Waals surface area (Å²) >= 11 is 1.52. The minimum Gasteiger partial charge on any atom is -0.468 e. The molecular formula is C12H14N2O2S. The monoisotopic (exact) mass is 250 g/mol. The van der Waals surface area contributed by atoms with Crippen LogP contribution in [-0.4, -0.2) is 23.0 Å². The Kier molecular flexibility index (Phi) is 3.02. The van der Waals surface area contributed by atoms with Crippen LogP contribution in [0.25, 0.3) is 10.6 Å². The lowest BCUT2D eigenvalue weighted by Crippen LogP contribution is -2.30. The minimum atomic E-state index is -0.709. The van der Waals surface area contributed by atoms with E-state index < -0.39 is 5.41 Å². The summed E-state index contributed by atoms with van der Waals surface area (Å²) in [4.78, 5) is 19.1. The molecule has 17 heavy (non-hydrogen) atoms. The highest BCUT2D eigenvalue weighted by Gasteiger charge is 2.33. The fourth-order valence-electron chi connectivity index (χ4n) is 1.51. The molecule has 1 N–H and O–H groups in total. The van der Waals surface area contributed by atoms with Crippen LogP contribution in [0.15, 0.2) is 23.8 Å². The third-order valence-electron chi connectivity index (χ3n) is 2.69. The first kappa shape index (κ1) is 11.9. The number of ether oxygens (including phenoxy) is 1. The summed E-state index contributed by atoms with van der Waals surface area (Å²) < 4.78 is 4.79. The highest BCUT2D eigenvalue weighted by molar-refractivity contribution is 7.13. The van der Waals surface area contributed by atoms with Crippen molar-refractivity contribution >= 4 is 17.3 Å². The first-order chi connectivity index (χ1) is 8.05. The van der Waals surface area contributed by atoms with Gasteiger partial charge in [-0.05, 0) is 19.9 Å². The maximum atomic E-state index is 11.7. The largest absolute Gasteiger partial charge is 0.468 e. The molecule has 5 heteroatoms. The third kappa shape index (κ3) is 2.10. The Hall–Kier alpha value is -1.62. The number of aromatic nitrogens is 2. The normalized spacial score (nSPS) is 11.5. The predicted molar refractivity (Wildman–Crippen MR) is 66.9 cm³/mol. The van der Waals surface area contributed by atoms with Crippen LogP contribution < -0.4 is 0 Å². The van der Waals surface area contributed by atoms with Crippen LogP contribution in [0.4, 0.5) is 0 Å². The Bertz CT molecular complexity index is 514. The molecule has 0 atom stereocenters. The van der Waals surface area contributed by atoms with Crippen molar-refractivity contribution in [2.24, 2.45) is 0 Å². The van der Waals surface area contributed by atoms with Gasteiger partial charge in [0.05, 0.1) is 12.8 Å². The Balaban J connectivity index is 2.33. The number of rotatable bonds is 3. The molecule has 0 amide bonds. The van der Waals surface area contributed by atoms with Gasteiger partial charge in [-0.25, -0.2) is 4.98 Å². The van der Waals surface area contributed by atoms with E-state index in [9.17, 15) is 4.79 Å². The van der Waals surface area contributed by atoms with Crippen molar-refractivity contribution in [3.63, 3.8) is 0 Å². The van der Waals surface area contributed by atoms with E-state index in [1.165, 1.54) is 18.4 Å². The Morgan fingerprint density at radius 3 is 2.88 bits per heavy atom. The van der Waals surface area contributed by atoms with E-state index in [0.717, 1.165) is 16.3 Å². The van der Waals surface area contributed by atoms with Gasteiger partial charge in [0.2, 0.25) is 0 Å². The SMILES string of the molecule is COC(=O)C(C)(C)c1csc(-c2cc[nH]c2)n1. The molecular weight excluding hydrogens is 236 g/mol. The van der Waals surface area contributed by atoms with E-state index in [4.69, 9.17) is 4.74 Å². The van der Waals surface area contributed by atoms with E-state index in [0.29, 0.717) is 0 Å². The molecule has 4 nitrogen and oxygen atoms in total. The quantitative estimate of drug-likeness (QED) is 0.852. The van der Waals surface area contributed by atoms with Crippen LogP contribution in [0, 0.1) is 0 Å². The predicted octanol–water partition coefficient (Wildman–Crippen LogP) is 2.59. The summed E-state index contributed by atoms with van der Waals surface area (Å²) in [5.74, 6) is -0.275. The van der Waals surface area contributed by atoms with Crippen LogP contribution in [0.2, 0.25) is 0 Å². The Morgan fingerprint density at radius 2 is 2.29 bits per heavy atom. The van der Waals surface area contributed by atoms with E-state index in [1.807, 2.05) is 37.7 Å². The number of nitrogens with one attached hydrogen (secondary N) is 1. The summed E-state index contributed by atoms with van der Waals surface area (Å²) in [5.41, 5.74) is 1.06. The molecule has 0 fully saturated rings. The molecule has 0 spiro atoms. The van der Waals surface area contributed by atoms with E-state index in [1.54, 1.807) is 0 Å². The zero-order valence-electron chi connectivity index (χ0n) is 9.98. The van der Waals surface area contributed by atoms with Crippen LogP contribution >= 0.6 is 11.3 Å². The maximum absolute atomic E-state index is 11.7. The van der Waals surface area contributed by atoms with Crippen LogP contribution in [0.3, 0.4) is 0 Å². The van der Waals surface area contributed by atoms with Gasteiger partial charge >= 0.3 is 5.97 Å². The smallest absolute Gasteiger partial charge is 0.317 e. The number of nitrogens with zero attached hydrogens (tertiary/aromatic N) is 1. The fourth-order valence-corrected chi connectivity index (χ4v) is 2.49. The molecule has 0 aromatic carbocycles. The summed E-state index contributed by atoms with van der Waals surface area (Å²) in [6.45, 7) is 3.63. The number of hydrogen-bond acceptors (Lipinski definition) is 4. The van der Waals surface area contributed by atoms with Crippen molar-refractivity contribution in [1.82, 2.24) is 9.97 Å². The van der Waals surface area contributed by atoms with Crippen molar-refractivity contribution in [2.75, 3.05) is 7.11 Å². The molecule has 0 radical (unpaired) electrons. The molecule has 0 saturated heterocycles. The molecule has 2 heterocycles. The number of thiazole rings is 1. The number of aromatic amines is 1. The van der Waals surface area contributed by atoms with Crippen LogP contribution in [0.1, 0.15) is 19.5 Å². The second kappa shape index (κ2) is 4.33. The van der Waals surface area contributed by atoms with Gasteiger partial charge in [0.25, 0.3) is 0 Å². The second-order valence-electron chi connectivity index (χ2n) is 4.25. The average molecular weight is 250 g/mol. The Labute approximate surface area is 104 Å². The minimum absolute atomic E-state index is 0.275. The summed E-state index contributed by atoms with van der Waals surface area (Å²) in [6, 6.07) is 1.95. The van der Waals surface area contributed by atoms with Crippen molar-refractivity contribution < 1.29 is 9.53 Å². The third-order valence-corrected chi connectivity index (χ3v) is 3.58. The molecule has 0 aliphatic heterocycles. The molecule has 0 unspecified atom stereocenters. The summed E-state index contributed by atoms with van der Waals surface area (Å²) in [6.07, 6.45) is 3.73. The lowest BCUT2D eigenvalue weighted by atomic mass is 9.90. The summed E-state index contributed by atoms with van der Waals surface area (Å²) in [5, 5.41) is 2.80. The lowest BCUT2D eigenvalue weighted by Gasteiger charge is -2.18. The van der Waals surface area contributed by atoms with E-state index >= 15 is 0 Å². The van der Waals surface area contributed by atoms with Gasteiger partial charge in [0, 0.05) is 23.3 Å². The molecule has 0 saturated carbocycles. The molecule has 2 aromatic rings. The highest BCUT2D eigenvalue weighted by atomic mass is 32.1. The van der Waals surface area contributed by atoms with Gasteiger partial charge in [0.15, 0.2) is 0 Å². The highest BCUT2D eigenvalue weighted by Crippen LogP contribution is 2.30. The van der Waals surface area contributed by atoms with Crippen molar-refractivity contribution in [2.45, 2.75) is 19.3 Å². The van der Waals surface area contributed by atoms with Crippen LogP contribution in [0.5, 0.6) is 0 Å². The number of carbonyl (C=O) groups excluding carboxylic acids is 1. The van der Waals surface area contributed by atoms with Gasteiger partial charge in [-0.15, -0.1) is 11.3 Å². The number of carbonyl (C=O) groups is 1. The molecule has 0 aliphatic carbocycles. The van der Waals surface area contributed by atoms with Crippen molar-refractivity contribution in [3.8, 4) is 10.6 Å². The molecule has 90 valence electrons. The summed E-state index contributed by atoms with van der Waals surface area (Å²) in [7, 11) is 1.39. The Morgan fingerprint density at radius 1 is 1.53 bits per heavy atom. The van der Waals surface area contributed by atoms with E-state index in [-0.39, 0.29) is 5.97 Å². The van der Waals surface area contributed by atoms with Crippen LogP contribution in [-0.2, 0) is 14.9 Å². The lowest BCUT2D eigenvalue weighted by molar-refractivity contribution is -0.146. The maximum Gasteiger partial charge on any atom is 0.317 e. The average Bonchev–Trinajstić information content (AvgIpc) is 2.97. The first-order valence-electron chi connectivity index (χ1n) is 5.23. The fraction of sp³-hybridized carbons (Fsp3) is 0.333. The van der Waals surface area contributed by atoms with Gasteiger partial charge in [-0.2, -0.15) is 0 Å². The number of H-pyrrole nitrogens is 1. The second-order valence-corrected chi connectivity index (χ2v) is 5.11. The van der Waals surface area contributed by atoms with Crippen molar-refractivity contribution in [3.05, 3.63) is 29.5 Å². The number of methoxy groups -OCH3 is 1. The van der Waals surface area contributed by atoms with E-state index in [2.05, 4.69) is 9.97 Å². The zero-order valence-corrected chi connectivity index (χ0v) is 10.8. The molecule has 0 aliphatic rings. The number of hydrogen-bond donors (Lipinski definition) is 1. The molecule has 2 aromatic heterocycles. The van der Waals surface area contributed by atoms with Gasteiger partial charge in [-0.1, -0.05) is 0 Å². The number of esters is 1. The molecule has 0 bridgehead atoms. The molecule has 2 rings (SSSR count). The van der Waals surface area contributed by atoms with Gasteiger partial charge in [-0.3, -0.25) is 4.79 Å². The standard InChI is InChI=1S/C12H14N2O2S/c1-12(2,11(15)16-3)9-7-17-10(14-9)8-4-5-13-6-8/h4-7,13H,1-3H3. The zero-order chi connectivity index (χ0) is 12.5. The topological polar surface area (TPSA) is 55.0 Å².